The molecule has 136 valence electrons. The highest BCUT2D eigenvalue weighted by molar-refractivity contribution is 7.87. The minimum Gasteiger partial charge on any atom is -0.450 e. The number of ether oxygens (including phenoxy) is 1. The molecular weight excluding hydrogens is 318 g/mol. The summed E-state index contributed by atoms with van der Waals surface area (Å²) in [5.74, 6) is 0.905. The molecule has 1 heterocycles. The smallest absolute Gasteiger partial charge is 0.407 e. The van der Waals surface area contributed by atoms with Gasteiger partial charge in [-0.2, -0.15) is 12.7 Å². The Morgan fingerprint density at radius 1 is 1.30 bits per heavy atom. The summed E-state index contributed by atoms with van der Waals surface area (Å²) in [5.41, 5.74) is 0. The van der Waals surface area contributed by atoms with Gasteiger partial charge in [0.1, 0.15) is 0 Å². The van der Waals surface area contributed by atoms with Crippen molar-refractivity contribution in [2.45, 2.75) is 53.0 Å². The van der Waals surface area contributed by atoms with E-state index in [1.165, 1.54) is 4.31 Å². The van der Waals surface area contributed by atoms with Crippen LogP contribution in [0.25, 0.3) is 0 Å². The maximum absolute atomic E-state index is 12.4. The van der Waals surface area contributed by atoms with Crippen LogP contribution in [0.2, 0.25) is 0 Å². The highest BCUT2D eigenvalue weighted by Gasteiger charge is 2.27. The Hall–Kier alpha value is -0.860. The largest absolute Gasteiger partial charge is 0.450 e. The summed E-state index contributed by atoms with van der Waals surface area (Å²) < 4.78 is 33.7. The molecule has 7 nitrogen and oxygen atoms in total. The molecule has 0 aromatic carbocycles. The van der Waals surface area contributed by atoms with Gasteiger partial charge < -0.3 is 10.1 Å². The van der Waals surface area contributed by atoms with Gasteiger partial charge in [-0.3, -0.25) is 0 Å². The molecule has 0 saturated carbocycles. The first-order valence-corrected chi connectivity index (χ1v) is 9.86. The van der Waals surface area contributed by atoms with Gasteiger partial charge in [-0.1, -0.05) is 20.8 Å². The van der Waals surface area contributed by atoms with Crippen molar-refractivity contribution in [3.63, 3.8) is 0 Å². The SMILES string of the molecule is CCOC(=O)NC(CNS(=O)(=O)N1CCC(C)CC1)CC(C)C. The third-order valence-electron chi connectivity index (χ3n) is 3.95. The Morgan fingerprint density at radius 2 is 1.91 bits per heavy atom. The number of amides is 1. The predicted molar refractivity (Wildman–Crippen MR) is 90.3 cm³/mol. The summed E-state index contributed by atoms with van der Waals surface area (Å²) in [5, 5.41) is 2.73. The molecule has 0 spiro atoms. The number of hydrogen-bond donors (Lipinski definition) is 2. The fourth-order valence-electron chi connectivity index (χ4n) is 2.62. The number of alkyl carbamates (subject to hydrolysis) is 1. The van der Waals surface area contributed by atoms with E-state index in [1.807, 2.05) is 13.8 Å². The summed E-state index contributed by atoms with van der Waals surface area (Å²) in [4.78, 5) is 11.6. The van der Waals surface area contributed by atoms with Crippen LogP contribution >= 0.6 is 0 Å². The quantitative estimate of drug-likeness (QED) is 0.698. The van der Waals surface area contributed by atoms with Crippen molar-refractivity contribution in [3.8, 4) is 0 Å². The second-order valence-electron chi connectivity index (χ2n) is 6.63. The van der Waals surface area contributed by atoms with Crippen LogP contribution in [0.15, 0.2) is 0 Å². The Kier molecular flexibility index (Phi) is 8.28. The maximum atomic E-state index is 12.4. The summed E-state index contributed by atoms with van der Waals surface area (Å²) in [7, 11) is -3.49. The third-order valence-corrected chi connectivity index (χ3v) is 5.52. The van der Waals surface area contributed by atoms with Crippen molar-refractivity contribution < 1.29 is 17.9 Å². The summed E-state index contributed by atoms with van der Waals surface area (Å²) in [6.45, 7) is 9.49. The van der Waals surface area contributed by atoms with Gasteiger partial charge in [0, 0.05) is 25.7 Å². The Morgan fingerprint density at radius 3 is 2.43 bits per heavy atom. The number of nitrogens with zero attached hydrogens (tertiary/aromatic N) is 1. The molecule has 0 aromatic rings. The normalized spacial score (nSPS) is 18.8. The number of carbonyl (C=O) groups is 1. The molecule has 23 heavy (non-hydrogen) atoms. The van der Waals surface area contributed by atoms with E-state index in [-0.39, 0.29) is 19.2 Å². The van der Waals surface area contributed by atoms with Crippen LogP contribution < -0.4 is 10.0 Å². The van der Waals surface area contributed by atoms with Crippen LogP contribution in [0.4, 0.5) is 4.79 Å². The van der Waals surface area contributed by atoms with E-state index in [4.69, 9.17) is 4.74 Å². The lowest BCUT2D eigenvalue weighted by Crippen LogP contribution is -2.50. The van der Waals surface area contributed by atoms with E-state index in [0.29, 0.717) is 31.3 Å². The molecule has 0 aromatic heterocycles. The maximum Gasteiger partial charge on any atom is 0.407 e. The van der Waals surface area contributed by atoms with Crippen LogP contribution in [0.1, 0.15) is 47.0 Å². The Bertz CT molecular complexity index is 459. The first-order valence-electron chi connectivity index (χ1n) is 8.42. The molecule has 1 atom stereocenters. The number of nitrogens with one attached hydrogen (secondary N) is 2. The van der Waals surface area contributed by atoms with Crippen LogP contribution in [0.3, 0.4) is 0 Å². The molecule has 2 N–H and O–H groups in total. The summed E-state index contributed by atoms with van der Waals surface area (Å²) in [6.07, 6.45) is 1.94. The molecule has 1 unspecified atom stereocenters. The van der Waals surface area contributed by atoms with Gasteiger partial charge in [0.15, 0.2) is 0 Å². The van der Waals surface area contributed by atoms with Crippen LogP contribution in [0, 0.1) is 11.8 Å². The molecule has 0 bridgehead atoms. The molecule has 1 aliphatic heterocycles. The standard InChI is InChI=1S/C15H31N3O4S/c1-5-22-15(19)17-14(10-12(2)3)11-16-23(20,21)18-8-6-13(4)7-9-18/h12-14,16H,5-11H2,1-4H3,(H,17,19). The lowest BCUT2D eigenvalue weighted by Gasteiger charge is -2.30. The number of hydrogen-bond acceptors (Lipinski definition) is 4. The molecule has 0 aliphatic carbocycles. The van der Waals surface area contributed by atoms with Gasteiger partial charge in [-0.25, -0.2) is 9.52 Å². The van der Waals surface area contributed by atoms with E-state index < -0.39 is 16.3 Å². The van der Waals surface area contributed by atoms with Crippen molar-refractivity contribution in [1.82, 2.24) is 14.3 Å². The van der Waals surface area contributed by atoms with Crippen molar-refractivity contribution >= 4 is 16.3 Å². The first kappa shape index (κ1) is 20.2. The zero-order valence-corrected chi connectivity index (χ0v) is 15.5. The minimum atomic E-state index is -3.49. The van der Waals surface area contributed by atoms with Crippen LogP contribution in [-0.2, 0) is 14.9 Å². The van der Waals surface area contributed by atoms with Crippen molar-refractivity contribution in [3.05, 3.63) is 0 Å². The molecule has 1 rings (SSSR count). The monoisotopic (exact) mass is 349 g/mol. The van der Waals surface area contributed by atoms with Gasteiger partial charge in [0.05, 0.1) is 6.61 Å². The van der Waals surface area contributed by atoms with Crippen LogP contribution in [-0.4, -0.2) is 51.1 Å². The lowest BCUT2D eigenvalue weighted by molar-refractivity contribution is 0.146. The molecule has 1 amide bonds. The zero-order valence-electron chi connectivity index (χ0n) is 14.7. The second-order valence-corrected chi connectivity index (χ2v) is 8.38. The molecule has 1 saturated heterocycles. The van der Waals surface area contributed by atoms with E-state index in [2.05, 4.69) is 17.0 Å². The number of piperidine rings is 1. The van der Waals surface area contributed by atoms with E-state index >= 15 is 0 Å². The number of rotatable bonds is 8. The van der Waals surface area contributed by atoms with Gasteiger partial charge in [0.2, 0.25) is 0 Å². The van der Waals surface area contributed by atoms with E-state index in [1.54, 1.807) is 6.92 Å². The fourth-order valence-corrected chi connectivity index (χ4v) is 3.91. The van der Waals surface area contributed by atoms with Gasteiger partial charge >= 0.3 is 6.09 Å². The van der Waals surface area contributed by atoms with E-state index in [0.717, 1.165) is 12.8 Å². The fraction of sp³-hybridized carbons (Fsp3) is 0.933. The van der Waals surface area contributed by atoms with Crippen molar-refractivity contribution in [1.29, 1.82) is 0 Å². The molecule has 1 fully saturated rings. The minimum absolute atomic E-state index is 0.172. The van der Waals surface area contributed by atoms with Gasteiger partial charge in [-0.15, -0.1) is 0 Å². The average Bonchev–Trinajstić information content (AvgIpc) is 2.45. The van der Waals surface area contributed by atoms with Crippen LogP contribution in [0.5, 0.6) is 0 Å². The van der Waals surface area contributed by atoms with E-state index in [9.17, 15) is 13.2 Å². The number of carbonyl (C=O) groups excluding carboxylic acids is 1. The highest BCUT2D eigenvalue weighted by Crippen LogP contribution is 2.18. The average molecular weight is 349 g/mol. The topological polar surface area (TPSA) is 87.7 Å². The van der Waals surface area contributed by atoms with Gasteiger partial charge in [0.25, 0.3) is 10.2 Å². The second kappa shape index (κ2) is 9.44. The zero-order chi connectivity index (χ0) is 17.5. The molecule has 0 radical (unpaired) electrons. The highest BCUT2D eigenvalue weighted by atomic mass is 32.2. The van der Waals surface area contributed by atoms with Crippen molar-refractivity contribution in [2.75, 3.05) is 26.2 Å². The molecule has 8 heteroatoms. The third kappa shape index (κ3) is 7.50. The summed E-state index contributed by atoms with van der Waals surface area (Å²) >= 11 is 0. The lowest BCUT2D eigenvalue weighted by atomic mass is 10.0. The van der Waals surface area contributed by atoms with Gasteiger partial charge in [-0.05, 0) is 38.0 Å². The van der Waals surface area contributed by atoms with Crippen molar-refractivity contribution in [2.24, 2.45) is 11.8 Å². The molecular formula is C15H31N3O4S. The predicted octanol–water partition coefficient (Wildman–Crippen LogP) is 1.71. The Labute approximate surface area is 140 Å². The Balaban J connectivity index is 2.56. The molecule has 1 aliphatic rings. The first-order chi connectivity index (χ1) is 10.7. The summed E-state index contributed by atoms with van der Waals surface area (Å²) in [6, 6.07) is -0.285.